The predicted octanol–water partition coefficient (Wildman–Crippen LogP) is 4.50. The minimum absolute atomic E-state index is 0.350. The van der Waals surface area contributed by atoms with Gasteiger partial charge in [0.2, 0.25) is 0 Å². The van der Waals surface area contributed by atoms with Gasteiger partial charge in [0.25, 0.3) is 0 Å². The van der Waals surface area contributed by atoms with Crippen molar-refractivity contribution in [3.8, 4) is 5.75 Å². The molecule has 0 atom stereocenters. The number of halogens is 1. The average molecular weight is 365 g/mol. The molecule has 5 nitrogen and oxygen atoms in total. The Hall–Kier alpha value is -2.27. The summed E-state index contributed by atoms with van der Waals surface area (Å²) in [6.07, 6.45) is 3.49. The largest absolute Gasteiger partial charge is 0.493 e. The summed E-state index contributed by atoms with van der Waals surface area (Å²) in [6, 6.07) is 6.36. The van der Waals surface area contributed by atoms with E-state index in [1.54, 1.807) is 25.1 Å². The summed E-state index contributed by atoms with van der Waals surface area (Å²) in [7, 11) is 0. The molecular formula is C19H21ClO5. The highest BCUT2D eigenvalue weighted by molar-refractivity contribution is 6.31. The van der Waals surface area contributed by atoms with E-state index < -0.39 is 5.63 Å². The first-order chi connectivity index (χ1) is 12.0. The van der Waals surface area contributed by atoms with Crippen molar-refractivity contribution >= 4 is 28.5 Å². The van der Waals surface area contributed by atoms with Crippen molar-refractivity contribution in [3.63, 3.8) is 0 Å². The third kappa shape index (κ3) is 5.94. The second-order valence-electron chi connectivity index (χ2n) is 5.75. The van der Waals surface area contributed by atoms with Gasteiger partial charge in [0.05, 0.1) is 24.7 Å². The minimum Gasteiger partial charge on any atom is -0.493 e. The van der Waals surface area contributed by atoms with Gasteiger partial charge >= 0.3 is 11.6 Å². The van der Waals surface area contributed by atoms with E-state index in [4.69, 9.17) is 25.5 Å². The van der Waals surface area contributed by atoms with Crippen molar-refractivity contribution in [1.29, 1.82) is 0 Å². The Labute approximate surface area is 151 Å². The molecule has 0 N–H and O–H groups in total. The highest BCUT2D eigenvalue weighted by Gasteiger charge is 2.07. The van der Waals surface area contributed by atoms with Gasteiger partial charge in [-0.25, -0.2) is 9.59 Å². The molecule has 0 aliphatic heterocycles. The zero-order chi connectivity index (χ0) is 18.2. The number of unbranched alkanes of at least 4 members (excludes halogenated alkanes) is 3. The SMILES string of the molecule is C=C(C)C(=O)OCCCCCCOc1cc(=O)oc2ccc(Cl)cc12. The maximum atomic E-state index is 11.6. The molecule has 25 heavy (non-hydrogen) atoms. The van der Waals surface area contributed by atoms with Crippen LogP contribution < -0.4 is 10.4 Å². The van der Waals surface area contributed by atoms with Crippen LogP contribution in [0.1, 0.15) is 32.6 Å². The maximum absolute atomic E-state index is 11.6. The first-order valence-electron chi connectivity index (χ1n) is 8.16. The number of carbonyl (C=O) groups excluding carboxylic acids is 1. The van der Waals surface area contributed by atoms with Gasteiger partial charge in [0, 0.05) is 10.6 Å². The second-order valence-corrected chi connectivity index (χ2v) is 6.19. The summed E-state index contributed by atoms with van der Waals surface area (Å²) < 4.78 is 15.9. The molecule has 2 rings (SSSR count). The van der Waals surface area contributed by atoms with Crippen LogP contribution in [-0.2, 0) is 9.53 Å². The number of benzene rings is 1. The number of carbonyl (C=O) groups is 1. The van der Waals surface area contributed by atoms with E-state index >= 15 is 0 Å². The number of rotatable bonds is 9. The van der Waals surface area contributed by atoms with Gasteiger partial charge in [-0.2, -0.15) is 0 Å². The van der Waals surface area contributed by atoms with Gasteiger partial charge in [-0.3, -0.25) is 0 Å². The van der Waals surface area contributed by atoms with Crippen LogP contribution in [0.3, 0.4) is 0 Å². The molecule has 0 fully saturated rings. The summed E-state index contributed by atoms with van der Waals surface area (Å²) in [5.41, 5.74) is 0.406. The molecule has 1 aromatic heterocycles. The summed E-state index contributed by atoms with van der Waals surface area (Å²) in [5.74, 6) is 0.126. The van der Waals surface area contributed by atoms with Crippen LogP contribution >= 0.6 is 11.6 Å². The molecule has 6 heteroatoms. The molecule has 0 aliphatic rings. The standard InChI is InChI=1S/C19H21ClO5/c1-13(2)19(22)24-10-6-4-3-5-9-23-17-12-18(21)25-16-8-7-14(20)11-15(16)17/h7-8,11-12H,1,3-6,9-10H2,2H3. The monoisotopic (exact) mass is 364 g/mol. The lowest BCUT2D eigenvalue weighted by molar-refractivity contribution is -0.139. The van der Waals surface area contributed by atoms with Crippen molar-refractivity contribution in [1.82, 2.24) is 0 Å². The zero-order valence-corrected chi connectivity index (χ0v) is 14.9. The first kappa shape index (κ1) is 19.1. The van der Waals surface area contributed by atoms with Crippen molar-refractivity contribution in [2.75, 3.05) is 13.2 Å². The van der Waals surface area contributed by atoms with E-state index in [-0.39, 0.29) is 5.97 Å². The molecule has 1 heterocycles. The Morgan fingerprint density at radius 1 is 1.16 bits per heavy atom. The van der Waals surface area contributed by atoms with Crippen LogP contribution in [0.25, 0.3) is 11.0 Å². The summed E-state index contributed by atoms with van der Waals surface area (Å²) in [4.78, 5) is 22.8. The molecule has 0 bridgehead atoms. The van der Waals surface area contributed by atoms with Crippen LogP contribution in [0.2, 0.25) is 5.02 Å². The third-order valence-electron chi connectivity index (χ3n) is 3.54. The number of ether oxygens (including phenoxy) is 2. The van der Waals surface area contributed by atoms with E-state index in [9.17, 15) is 9.59 Å². The molecule has 1 aromatic carbocycles. The van der Waals surface area contributed by atoms with Crippen LogP contribution in [0.5, 0.6) is 5.75 Å². The van der Waals surface area contributed by atoms with Crippen LogP contribution in [0.4, 0.5) is 0 Å². The predicted molar refractivity (Wildman–Crippen MR) is 97.2 cm³/mol. The molecule has 0 spiro atoms. The van der Waals surface area contributed by atoms with E-state index in [0.717, 1.165) is 25.7 Å². The smallest absolute Gasteiger partial charge is 0.339 e. The van der Waals surface area contributed by atoms with Crippen LogP contribution in [0.15, 0.2) is 45.6 Å². The van der Waals surface area contributed by atoms with E-state index in [0.29, 0.717) is 40.5 Å². The van der Waals surface area contributed by atoms with Gasteiger partial charge in [-0.1, -0.05) is 18.2 Å². The fraction of sp³-hybridized carbons (Fsp3) is 0.368. The lowest BCUT2D eigenvalue weighted by atomic mass is 10.2. The minimum atomic E-state index is -0.454. The van der Waals surface area contributed by atoms with Gasteiger partial charge in [0.1, 0.15) is 11.3 Å². The third-order valence-corrected chi connectivity index (χ3v) is 3.78. The molecule has 134 valence electrons. The van der Waals surface area contributed by atoms with Crippen molar-refractivity contribution in [2.45, 2.75) is 32.6 Å². The molecule has 0 saturated carbocycles. The first-order valence-corrected chi connectivity index (χ1v) is 8.54. The fourth-order valence-electron chi connectivity index (χ4n) is 2.25. The molecule has 0 radical (unpaired) electrons. The van der Waals surface area contributed by atoms with Gasteiger partial charge in [-0.15, -0.1) is 0 Å². The zero-order valence-electron chi connectivity index (χ0n) is 14.2. The molecule has 0 saturated heterocycles. The number of esters is 1. The van der Waals surface area contributed by atoms with Gasteiger partial charge in [-0.05, 0) is 50.8 Å². The molecule has 2 aromatic rings. The Morgan fingerprint density at radius 2 is 1.88 bits per heavy atom. The van der Waals surface area contributed by atoms with Gasteiger partial charge < -0.3 is 13.9 Å². The van der Waals surface area contributed by atoms with E-state index in [1.165, 1.54) is 6.07 Å². The Morgan fingerprint density at radius 3 is 2.60 bits per heavy atom. The van der Waals surface area contributed by atoms with E-state index in [1.807, 2.05) is 0 Å². The maximum Gasteiger partial charge on any atom is 0.339 e. The topological polar surface area (TPSA) is 65.7 Å². The summed E-state index contributed by atoms with van der Waals surface area (Å²) in [5, 5.41) is 1.23. The molecule has 0 aliphatic carbocycles. The molecule has 0 amide bonds. The lowest BCUT2D eigenvalue weighted by Crippen LogP contribution is -2.06. The van der Waals surface area contributed by atoms with Crippen molar-refractivity contribution in [3.05, 3.63) is 51.9 Å². The Kier molecular flexibility index (Phi) is 7.07. The normalized spacial score (nSPS) is 10.6. The summed E-state index contributed by atoms with van der Waals surface area (Å²) in [6.45, 7) is 6.03. The Balaban J connectivity index is 1.74. The summed E-state index contributed by atoms with van der Waals surface area (Å²) >= 11 is 5.99. The van der Waals surface area contributed by atoms with Crippen molar-refractivity contribution < 1.29 is 18.7 Å². The molecular weight excluding hydrogens is 344 g/mol. The Bertz CT molecular complexity index is 809. The quantitative estimate of drug-likeness (QED) is 0.283. The fourth-order valence-corrected chi connectivity index (χ4v) is 2.43. The highest BCUT2D eigenvalue weighted by atomic mass is 35.5. The van der Waals surface area contributed by atoms with Crippen LogP contribution in [0, 0.1) is 0 Å². The number of fused-ring (bicyclic) bond motifs is 1. The average Bonchev–Trinajstić information content (AvgIpc) is 2.57. The number of hydrogen-bond donors (Lipinski definition) is 0. The second kappa shape index (κ2) is 9.28. The lowest BCUT2D eigenvalue weighted by Gasteiger charge is -2.09. The number of hydrogen-bond acceptors (Lipinski definition) is 5. The highest BCUT2D eigenvalue weighted by Crippen LogP contribution is 2.26. The van der Waals surface area contributed by atoms with Crippen LogP contribution in [-0.4, -0.2) is 19.2 Å². The van der Waals surface area contributed by atoms with Gasteiger partial charge in [0.15, 0.2) is 0 Å². The van der Waals surface area contributed by atoms with E-state index in [2.05, 4.69) is 6.58 Å². The van der Waals surface area contributed by atoms with Crippen molar-refractivity contribution in [2.24, 2.45) is 0 Å². The molecule has 0 unspecified atom stereocenters.